The van der Waals surface area contributed by atoms with Crippen LogP contribution in [0.25, 0.3) is 10.2 Å². The Morgan fingerprint density at radius 2 is 1.51 bits per heavy atom. The van der Waals surface area contributed by atoms with Crippen LogP contribution in [0.2, 0.25) is 0 Å². The van der Waals surface area contributed by atoms with Gasteiger partial charge in [-0.15, -0.1) is 11.3 Å². The van der Waals surface area contributed by atoms with Gasteiger partial charge in [-0.25, -0.2) is 4.79 Å². The van der Waals surface area contributed by atoms with Crippen LogP contribution in [0.4, 0.5) is 5.69 Å². The van der Waals surface area contributed by atoms with Crippen molar-refractivity contribution in [3.8, 4) is 0 Å². The number of hydrogen-bond donors (Lipinski definition) is 1. The minimum absolute atomic E-state index is 0.0325. The first-order valence-corrected chi connectivity index (χ1v) is 15.8. The second-order valence-corrected chi connectivity index (χ2v) is 11.8. The summed E-state index contributed by atoms with van der Waals surface area (Å²) in [5.74, 6) is 0.0397. The fourth-order valence-electron chi connectivity index (χ4n) is 5.72. The average molecular weight is 590 g/mol. The lowest BCUT2D eigenvalue weighted by molar-refractivity contribution is 0.0503. The molecule has 6 nitrogen and oxygen atoms in total. The van der Waals surface area contributed by atoms with Crippen LogP contribution < -0.4 is 5.32 Å². The molecule has 3 heterocycles. The quantitative estimate of drug-likeness (QED) is 0.133. The lowest BCUT2D eigenvalue weighted by Gasteiger charge is -2.32. The Balaban J connectivity index is 1.20. The lowest BCUT2D eigenvalue weighted by atomic mass is 9.89. The number of amides is 1. The fraction of sp³-hybridized carbons (Fsp3) is 0.250. The van der Waals surface area contributed by atoms with Crippen LogP contribution in [0.1, 0.15) is 62.6 Å². The molecule has 0 saturated carbocycles. The van der Waals surface area contributed by atoms with Crippen LogP contribution >= 0.6 is 11.3 Å². The van der Waals surface area contributed by atoms with Crippen molar-refractivity contribution in [2.24, 2.45) is 0 Å². The van der Waals surface area contributed by atoms with Crippen LogP contribution in [-0.2, 0) is 17.7 Å². The first-order chi connectivity index (χ1) is 21.2. The van der Waals surface area contributed by atoms with Crippen molar-refractivity contribution in [1.82, 2.24) is 9.88 Å². The zero-order valence-corrected chi connectivity index (χ0v) is 24.9. The number of ether oxygens (including phenoxy) is 1. The van der Waals surface area contributed by atoms with Gasteiger partial charge in [-0.3, -0.25) is 9.78 Å². The van der Waals surface area contributed by atoms with Crippen LogP contribution in [0.3, 0.4) is 0 Å². The van der Waals surface area contributed by atoms with E-state index in [-0.39, 0.29) is 11.9 Å². The predicted octanol–water partition coefficient (Wildman–Crippen LogP) is 7.72. The van der Waals surface area contributed by atoms with Crippen molar-refractivity contribution in [1.29, 1.82) is 0 Å². The van der Waals surface area contributed by atoms with Crippen molar-refractivity contribution in [3.63, 3.8) is 0 Å². The molecule has 0 spiro atoms. The third-order valence-electron chi connectivity index (χ3n) is 8.09. The van der Waals surface area contributed by atoms with Gasteiger partial charge < -0.3 is 15.0 Å². The molecular weight excluding hydrogens is 554 g/mol. The standard InChI is InChI=1S/C36H35N3O3S/c40-35(39-20-18-29(19-21-39)28-16-8-3-9-17-28)30-24-38-33-31(36(41)42-22-10-15-26-11-4-1-5-12-26)25-43-34(33)32(30)37-23-27-13-6-2-7-14-27/h1-9,11-14,16-17,24-25,29H,10,15,18-23H2,(H,37,38). The lowest BCUT2D eigenvalue weighted by Crippen LogP contribution is -2.38. The number of fused-ring (bicyclic) bond motifs is 1. The van der Waals surface area contributed by atoms with Crippen LogP contribution in [0.5, 0.6) is 0 Å². The number of carbonyl (C=O) groups excluding carboxylic acids is 2. The highest BCUT2D eigenvalue weighted by molar-refractivity contribution is 7.18. The minimum atomic E-state index is -0.386. The number of aromatic nitrogens is 1. The zero-order valence-electron chi connectivity index (χ0n) is 24.1. The summed E-state index contributed by atoms with van der Waals surface area (Å²) >= 11 is 1.42. The summed E-state index contributed by atoms with van der Waals surface area (Å²) in [5, 5.41) is 5.32. The third kappa shape index (κ3) is 6.78. The molecule has 0 radical (unpaired) electrons. The molecule has 6 rings (SSSR count). The van der Waals surface area contributed by atoms with Gasteiger partial charge in [-0.05, 0) is 48.3 Å². The number of rotatable bonds is 10. The highest BCUT2D eigenvalue weighted by Gasteiger charge is 2.28. The monoisotopic (exact) mass is 589 g/mol. The fourth-order valence-corrected chi connectivity index (χ4v) is 6.73. The van der Waals surface area contributed by atoms with E-state index in [9.17, 15) is 9.59 Å². The van der Waals surface area contributed by atoms with Crippen LogP contribution in [0.15, 0.2) is 103 Å². The summed E-state index contributed by atoms with van der Waals surface area (Å²) in [5.41, 5.74) is 5.91. The predicted molar refractivity (Wildman–Crippen MR) is 173 cm³/mol. The number of benzene rings is 3. The van der Waals surface area contributed by atoms with Crippen LogP contribution in [0, 0.1) is 0 Å². The highest BCUT2D eigenvalue weighted by Crippen LogP contribution is 2.36. The van der Waals surface area contributed by atoms with Gasteiger partial charge in [0.1, 0.15) is 0 Å². The maximum atomic E-state index is 13.9. The van der Waals surface area contributed by atoms with E-state index in [4.69, 9.17) is 4.74 Å². The van der Waals surface area contributed by atoms with E-state index in [2.05, 4.69) is 46.7 Å². The average Bonchev–Trinajstić information content (AvgIpc) is 3.51. The summed E-state index contributed by atoms with van der Waals surface area (Å²) in [6, 6.07) is 30.8. The smallest absolute Gasteiger partial charge is 0.341 e. The van der Waals surface area contributed by atoms with E-state index in [0.717, 1.165) is 41.6 Å². The number of esters is 1. The van der Waals surface area contributed by atoms with Crippen LogP contribution in [-0.4, -0.2) is 41.5 Å². The molecule has 1 aliphatic rings. The maximum Gasteiger partial charge on any atom is 0.341 e. The van der Waals surface area contributed by atoms with Gasteiger partial charge in [-0.1, -0.05) is 91.0 Å². The molecule has 2 aromatic heterocycles. The van der Waals surface area contributed by atoms with Gasteiger partial charge in [0, 0.05) is 31.2 Å². The molecule has 0 atom stereocenters. The van der Waals surface area contributed by atoms with E-state index < -0.39 is 0 Å². The van der Waals surface area contributed by atoms with E-state index in [0.29, 0.717) is 48.8 Å². The maximum absolute atomic E-state index is 13.9. The molecule has 1 fully saturated rings. The van der Waals surface area contributed by atoms with Crippen molar-refractivity contribution in [2.75, 3.05) is 25.0 Å². The third-order valence-corrected chi connectivity index (χ3v) is 9.07. The Kier molecular flexibility index (Phi) is 9.09. The minimum Gasteiger partial charge on any atom is -0.462 e. The zero-order chi connectivity index (χ0) is 29.4. The first-order valence-electron chi connectivity index (χ1n) is 14.9. The second-order valence-electron chi connectivity index (χ2n) is 10.9. The molecule has 1 aliphatic heterocycles. The summed E-state index contributed by atoms with van der Waals surface area (Å²) < 4.78 is 6.43. The van der Waals surface area contributed by atoms with Gasteiger partial charge >= 0.3 is 5.97 Å². The summed E-state index contributed by atoms with van der Waals surface area (Å²) in [4.78, 5) is 33.6. The van der Waals surface area contributed by atoms with Crippen molar-refractivity contribution in [2.45, 2.75) is 38.1 Å². The molecule has 0 unspecified atom stereocenters. The van der Waals surface area contributed by atoms with Crippen molar-refractivity contribution in [3.05, 3.63) is 130 Å². The number of nitrogens with zero attached hydrogens (tertiary/aromatic N) is 2. The van der Waals surface area contributed by atoms with Gasteiger partial charge in [-0.2, -0.15) is 0 Å². The molecule has 0 bridgehead atoms. The summed E-state index contributed by atoms with van der Waals surface area (Å²) in [6.07, 6.45) is 5.07. The SMILES string of the molecule is O=C(OCCCc1ccccc1)c1csc2c(NCc3ccccc3)c(C(=O)N3CCC(c4ccccc4)CC3)cnc12. The Morgan fingerprint density at radius 3 is 2.21 bits per heavy atom. The normalized spacial score (nSPS) is 13.6. The number of hydrogen-bond acceptors (Lipinski definition) is 6. The van der Waals surface area contributed by atoms with Crippen molar-refractivity contribution < 1.29 is 14.3 Å². The molecule has 218 valence electrons. The molecular formula is C36H35N3O3S. The second kappa shape index (κ2) is 13.7. The number of piperidine rings is 1. The first kappa shape index (κ1) is 28.6. The Bertz CT molecular complexity index is 1660. The molecule has 1 saturated heterocycles. The van der Waals surface area contributed by atoms with Gasteiger partial charge in [0.25, 0.3) is 5.91 Å². The topological polar surface area (TPSA) is 71.5 Å². The van der Waals surface area contributed by atoms with E-state index in [1.54, 1.807) is 11.6 Å². The highest BCUT2D eigenvalue weighted by atomic mass is 32.1. The summed E-state index contributed by atoms with van der Waals surface area (Å²) in [6.45, 7) is 2.27. The molecule has 1 N–H and O–H groups in total. The number of anilines is 1. The number of pyridine rings is 1. The van der Waals surface area contributed by atoms with Gasteiger partial charge in [0.05, 0.1) is 33.6 Å². The summed E-state index contributed by atoms with van der Waals surface area (Å²) in [7, 11) is 0. The number of aryl methyl sites for hydroxylation is 1. The Morgan fingerprint density at radius 1 is 0.860 bits per heavy atom. The number of carbonyl (C=O) groups is 2. The van der Waals surface area contributed by atoms with Gasteiger partial charge in [0.2, 0.25) is 0 Å². The molecule has 1 amide bonds. The van der Waals surface area contributed by atoms with E-state index >= 15 is 0 Å². The van der Waals surface area contributed by atoms with E-state index in [1.807, 2.05) is 59.5 Å². The number of likely N-dealkylation sites (tertiary alicyclic amines) is 1. The van der Waals surface area contributed by atoms with E-state index in [1.165, 1.54) is 22.5 Å². The molecule has 3 aromatic carbocycles. The Hall–Kier alpha value is -4.49. The Labute approximate surface area is 256 Å². The van der Waals surface area contributed by atoms with Gasteiger partial charge in [0.15, 0.2) is 0 Å². The van der Waals surface area contributed by atoms with Crippen molar-refractivity contribution >= 4 is 39.1 Å². The molecule has 0 aliphatic carbocycles. The number of thiophene rings is 1. The molecule has 43 heavy (non-hydrogen) atoms. The largest absolute Gasteiger partial charge is 0.462 e. The molecule has 7 heteroatoms. The number of nitrogens with one attached hydrogen (secondary N) is 1. The molecule has 5 aromatic rings.